The molecule has 2 aromatic carbocycles. The van der Waals surface area contributed by atoms with Crippen LogP contribution < -0.4 is 0 Å². The Kier molecular flexibility index (Phi) is 6.86. The molecule has 0 atom stereocenters. The first-order valence-electron chi connectivity index (χ1n) is 10.3. The zero-order valence-corrected chi connectivity index (χ0v) is 29.6. The Morgan fingerprint density at radius 3 is 1.88 bits per heavy atom. The monoisotopic (exact) mass is 1040 g/mol. The minimum atomic E-state index is -1.61. The van der Waals surface area contributed by atoms with Crippen LogP contribution in [0.15, 0.2) is 93.7 Å². The number of allylic oxidation sites excluding steroid dienone is 9. The summed E-state index contributed by atoms with van der Waals surface area (Å²) in [5.41, 5.74) is 5.75. The fraction of sp³-hybridized carbons (Fsp3) is 0. The number of halogens is 7. The normalized spacial score (nSPS) is 22.3. The molecular weight excluding hydrogens is 1030 g/mol. The van der Waals surface area contributed by atoms with Gasteiger partial charge < -0.3 is 0 Å². The Hall–Kier alpha value is 0.720. The van der Waals surface area contributed by atoms with Crippen molar-refractivity contribution in [3.63, 3.8) is 0 Å². The average molecular weight is 1040 g/mol. The molecule has 5 aliphatic heterocycles. The van der Waals surface area contributed by atoms with Gasteiger partial charge in [0.15, 0.2) is 0 Å². The van der Waals surface area contributed by atoms with Crippen molar-refractivity contribution in [1.29, 1.82) is 0 Å². The van der Waals surface area contributed by atoms with Crippen molar-refractivity contribution in [2.24, 2.45) is 0 Å². The van der Waals surface area contributed by atoms with E-state index in [9.17, 15) is 0 Å². The van der Waals surface area contributed by atoms with E-state index in [4.69, 9.17) is 23.2 Å². The molecule has 0 aromatic heterocycles. The summed E-state index contributed by atoms with van der Waals surface area (Å²) >= 11 is 9.35. The summed E-state index contributed by atoms with van der Waals surface area (Å²) < 4.78 is 17.4. The Bertz CT molecular complexity index is 1480. The van der Waals surface area contributed by atoms with Gasteiger partial charge in [-0.1, -0.05) is 0 Å². The van der Waals surface area contributed by atoms with Gasteiger partial charge in [-0.25, -0.2) is 0 Å². The van der Waals surface area contributed by atoms with Crippen molar-refractivity contribution in [3.05, 3.63) is 112 Å². The van der Waals surface area contributed by atoms with E-state index in [2.05, 4.69) is 86.9 Å². The fourth-order valence-corrected chi connectivity index (χ4v) is 38.8. The number of hydrogen-bond acceptors (Lipinski definition) is 0. The Balaban J connectivity index is 1.37. The van der Waals surface area contributed by atoms with Crippen LogP contribution in [0.5, 0.6) is 0 Å². The first kappa shape index (κ1) is 23.8. The molecule has 0 nitrogen and oxygen atoms in total. The summed E-state index contributed by atoms with van der Waals surface area (Å²) in [7, 11) is 0. The molecule has 0 spiro atoms. The molecule has 0 saturated carbocycles. The second-order valence-electron chi connectivity index (χ2n) is 7.55. The van der Waals surface area contributed by atoms with E-state index in [0.717, 1.165) is 6.08 Å². The molecule has 7 rings (SSSR count). The van der Waals surface area contributed by atoms with Crippen LogP contribution in [-0.2, 0) is 0 Å². The van der Waals surface area contributed by atoms with Gasteiger partial charge in [0.25, 0.3) is 0 Å². The zero-order chi connectivity index (χ0) is 22.8. The average Bonchev–Trinajstić information content (AvgIpc) is 3.36. The first-order valence-corrected chi connectivity index (χ1v) is 24.4. The predicted octanol–water partition coefficient (Wildman–Crippen LogP) is 10.4. The van der Waals surface area contributed by atoms with E-state index in [1.807, 2.05) is 0 Å². The second-order valence-corrected chi connectivity index (χ2v) is 31.7. The van der Waals surface area contributed by atoms with E-state index in [1.54, 1.807) is 17.4 Å². The van der Waals surface area contributed by atoms with Crippen LogP contribution in [0, 0.1) is 7.14 Å². The fourth-order valence-electron chi connectivity index (χ4n) is 4.27. The standard InChI is InChI=1S/C27H15Cl2I5/c28-24-12-18-16-6-1-3-8-20(16)33(22(18)14-30-24)26-10-5-11-27(32-26)34-21-9-4-2-7-17(21)19-13-25(29)31-15-23(19)34/h1-15H. The molecular formula is C27H15Cl2I5. The molecule has 0 aliphatic carbocycles. The molecule has 0 radical (unpaired) electrons. The molecule has 5 heterocycles. The first-order chi connectivity index (χ1) is 16.7. The quantitative estimate of drug-likeness (QED) is 0.263. The van der Waals surface area contributed by atoms with Crippen LogP contribution >= 0.6 is 125 Å². The Labute approximate surface area is 253 Å². The summed E-state index contributed by atoms with van der Waals surface area (Å²) in [5, 5.41) is 0. The molecule has 2 aromatic rings. The Morgan fingerprint density at radius 2 is 1.24 bits per heavy atom. The molecule has 0 unspecified atom stereocenters. The molecule has 0 N–H and O–H groups in total. The molecule has 0 saturated heterocycles. The van der Waals surface area contributed by atoms with Crippen LogP contribution in [0.2, 0.25) is 0 Å². The van der Waals surface area contributed by atoms with Crippen molar-refractivity contribution >= 4 is 146 Å². The number of fused-ring (bicyclic) bond motifs is 4. The number of hydrogen-bond donors (Lipinski definition) is 0. The molecule has 0 fully saturated rings. The van der Waals surface area contributed by atoms with Gasteiger partial charge in [0.1, 0.15) is 0 Å². The third-order valence-corrected chi connectivity index (χ3v) is 34.1. The van der Waals surface area contributed by atoms with Gasteiger partial charge in [-0.3, -0.25) is 0 Å². The molecule has 0 bridgehead atoms. The van der Waals surface area contributed by atoms with E-state index in [1.165, 1.54) is 22.3 Å². The van der Waals surface area contributed by atoms with Gasteiger partial charge in [-0.2, -0.15) is 0 Å². The van der Waals surface area contributed by atoms with Crippen LogP contribution in [0.1, 0.15) is 11.1 Å². The van der Waals surface area contributed by atoms with Crippen molar-refractivity contribution in [2.75, 3.05) is 0 Å². The SMILES string of the molecule is ClC1=CC2=C(C=I1)I(C1=CC=CC(I3C4=C(C=C(Cl)I=C4)c4ccccc43)=I1)c1ccccc12. The summed E-state index contributed by atoms with van der Waals surface area (Å²) in [6, 6.07) is 18.3. The van der Waals surface area contributed by atoms with Crippen LogP contribution in [-0.4, -0.2) is 9.54 Å². The second kappa shape index (κ2) is 9.79. The van der Waals surface area contributed by atoms with Crippen LogP contribution in [0.3, 0.4) is 0 Å². The maximum atomic E-state index is 6.54. The van der Waals surface area contributed by atoms with Crippen molar-refractivity contribution in [2.45, 2.75) is 0 Å². The maximum absolute atomic E-state index is 6.54. The molecule has 7 heteroatoms. The molecule has 5 aliphatic rings. The van der Waals surface area contributed by atoms with Gasteiger partial charge in [0.2, 0.25) is 0 Å². The van der Waals surface area contributed by atoms with Gasteiger partial charge in [0, 0.05) is 0 Å². The van der Waals surface area contributed by atoms with Gasteiger partial charge >= 0.3 is 258 Å². The van der Waals surface area contributed by atoms with Crippen molar-refractivity contribution < 1.29 is 0 Å². The van der Waals surface area contributed by atoms with E-state index in [-0.39, 0.29) is 62.2 Å². The van der Waals surface area contributed by atoms with Gasteiger partial charge in [-0.05, 0) is 0 Å². The molecule has 34 heavy (non-hydrogen) atoms. The minimum absolute atomic E-state index is 0.147. The zero-order valence-electron chi connectivity index (χ0n) is 17.3. The van der Waals surface area contributed by atoms with Crippen LogP contribution in [0.4, 0.5) is 0 Å². The number of benzene rings is 2. The Morgan fingerprint density at radius 1 is 0.676 bits per heavy atom. The van der Waals surface area contributed by atoms with Gasteiger partial charge in [0.05, 0.1) is 0 Å². The summed E-state index contributed by atoms with van der Waals surface area (Å²) in [5.74, 6) is 0. The van der Waals surface area contributed by atoms with Crippen LogP contribution in [0.25, 0.3) is 11.1 Å². The summed E-state index contributed by atoms with van der Waals surface area (Å²) in [6.45, 7) is 0. The van der Waals surface area contributed by atoms with Crippen molar-refractivity contribution in [1.82, 2.24) is 0 Å². The third kappa shape index (κ3) is 4.00. The summed E-state index contributed by atoms with van der Waals surface area (Å²) in [4.78, 5) is 0. The predicted molar refractivity (Wildman–Crippen MR) is 196 cm³/mol. The van der Waals surface area contributed by atoms with Gasteiger partial charge in [-0.15, -0.1) is 0 Å². The topological polar surface area (TPSA) is 0 Å². The van der Waals surface area contributed by atoms with Crippen molar-refractivity contribution in [3.8, 4) is 0 Å². The van der Waals surface area contributed by atoms with E-state index < -0.39 is 39.6 Å². The third-order valence-electron chi connectivity index (χ3n) is 5.66. The number of rotatable bonds is 2. The van der Waals surface area contributed by atoms with E-state index in [0.29, 0.717) is 0 Å². The molecule has 0 amide bonds. The molecule has 172 valence electrons. The van der Waals surface area contributed by atoms with E-state index >= 15 is 0 Å². The summed E-state index contributed by atoms with van der Waals surface area (Å²) in [6.07, 6.45) is 12.0.